The van der Waals surface area contributed by atoms with Crippen LogP contribution in [0, 0.1) is 0 Å². The Morgan fingerprint density at radius 2 is 1.70 bits per heavy atom. The molecule has 0 spiro atoms. The molecule has 4 rings (SSSR count). The molecule has 0 aliphatic carbocycles. The van der Waals surface area contributed by atoms with Crippen LogP contribution < -0.4 is 5.32 Å². The minimum Gasteiger partial charge on any atom is -0.507 e. The lowest BCUT2D eigenvalue weighted by Crippen LogP contribution is -2.12. The van der Waals surface area contributed by atoms with Gasteiger partial charge in [0.15, 0.2) is 5.82 Å². The van der Waals surface area contributed by atoms with Crippen LogP contribution in [0.15, 0.2) is 60.9 Å². The van der Waals surface area contributed by atoms with Crippen LogP contribution in [0.25, 0.3) is 22.8 Å². The first kappa shape index (κ1) is 16.4. The third-order valence-corrected chi connectivity index (χ3v) is 4.03. The van der Waals surface area contributed by atoms with Crippen molar-refractivity contribution in [3.63, 3.8) is 0 Å². The van der Waals surface area contributed by atoms with Gasteiger partial charge in [0.25, 0.3) is 5.91 Å². The summed E-state index contributed by atoms with van der Waals surface area (Å²) in [5.41, 5.74) is 2.41. The second kappa shape index (κ2) is 6.68. The van der Waals surface area contributed by atoms with E-state index >= 15 is 0 Å². The smallest absolute Gasteiger partial charge is 0.263 e. The SMILES string of the molecule is O=C(Nc1cn[nH]c1-c1ncc(-c2ccccc2)[nH]1)c1c(O)cccc1O. The Bertz CT molecular complexity index is 1080. The number of carbonyl (C=O) groups is 1. The molecule has 0 saturated heterocycles. The van der Waals surface area contributed by atoms with Crippen molar-refractivity contribution in [2.45, 2.75) is 0 Å². The van der Waals surface area contributed by atoms with E-state index in [-0.39, 0.29) is 17.1 Å². The third kappa shape index (κ3) is 3.11. The Morgan fingerprint density at radius 1 is 0.963 bits per heavy atom. The van der Waals surface area contributed by atoms with Crippen molar-refractivity contribution >= 4 is 11.6 Å². The lowest BCUT2D eigenvalue weighted by molar-refractivity contribution is 0.102. The van der Waals surface area contributed by atoms with Crippen LogP contribution in [0.3, 0.4) is 0 Å². The second-order valence-corrected chi connectivity index (χ2v) is 5.80. The number of carbonyl (C=O) groups excluding carboxylic acids is 1. The largest absolute Gasteiger partial charge is 0.507 e. The standard InChI is InChI=1S/C19H15N5O3/c25-14-7-4-8-15(26)16(14)19(27)23-13-10-21-24-17(13)18-20-9-12(22-18)11-5-2-1-3-6-11/h1-10,25-26H,(H,20,22)(H,21,24)(H,23,27). The van der Waals surface area contributed by atoms with Gasteiger partial charge in [-0.3, -0.25) is 9.89 Å². The molecule has 1 amide bonds. The van der Waals surface area contributed by atoms with Crippen LogP contribution >= 0.6 is 0 Å². The molecule has 2 aromatic heterocycles. The monoisotopic (exact) mass is 361 g/mol. The van der Waals surface area contributed by atoms with E-state index < -0.39 is 5.91 Å². The Hall–Kier alpha value is -4.07. The van der Waals surface area contributed by atoms with Crippen LogP contribution in [0.5, 0.6) is 11.5 Å². The highest BCUT2D eigenvalue weighted by Crippen LogP contribution is 2.30. The number of H-pyrrole nitrogens is 2. The maximum absolute atomic E-state index is 12.5. The average Bonchev–Trinajstić information content (AvgIpc) is 3.31. The molecular formula is C19H15N5O3. The fourth-order valence-corrected chi connectivity index (χ4v) is 2.72. The molecule has 2 heterocycles. The molecular weight excluding hydrogens is 346 g/mol. The third-order valence-electron chi connectivity index (χ3n) is 4.03. The average molecular weight is 361 g/mol. The molecule has 0 bridgehead atoms. The van der Waals surface area contributed by atoms with Crippen LogP contribution in [0.2, 0.25) is 0 Å². The number of imidazole rings is 1. The first-order chi connectivity index (χ1) is 13.1. The number of rotatable bonds is 4. The number of benzene rings is 2. The predicted octanol–water partition coefficient (Wildman–Crippen LogP) is 3.13. The van der Waals surface area contributed by atoms with E-state index in [0.717, 1.165) is 11.3 Å². The van der Waals surface area contributed by atoms with Crippen LogP contribution in [0.1, 0.15) is 10.4 Å². The number of amides is 1. The number of anilines is 1. The molecule has 4 aromatic rings. The summed E-state index contributed by atoms with van der Waals surface area (Å²) in [4.78, 5) is 20.0. The van der Waals surface area contributed by atoms with E-state index in [9.17, 15) is 15.0 Å². The van der Waals surface area contributed by atoms with E-state index in [1.807, 2.05) is 30.3 Å². The van der Waals surface area contributed by atoms with Gasteiger partial charge < -0.3 is 20.5 Å². The summed E-state index contributed by atoms with van der Waals surface area (Å²) in [6, 6.07) is 13.8. The van der Waals surface area contributed by atoms with Gasteiger partial charge in [-0.05, 0) is 17.7 Å². The van der Waals surface area contributed by atoms with Crippen molar-refractivity contribution in [2.24, 2.45) is 0 Å². The minimum atomic E-state index is -0.664. The van der Waals surface area contributed by atoms with Gasteiger partial charge in [0, 0.05) is 0 Å². The van der Waals surface area contributed by atoms with Crippen molar-refractivity contribution in [2.75, 3.05) is 5.32 Å². The highest BCUT2D eigenvalue weighted by Gasteiger charge is 2.19. The lowest BCUT2D eigenvalue weighted by atomic mass is 10.1. The Morgan fingerprint density at radius 3 is 2.44 bits per heavy atom. The van der Waals surface area contributed by atoms with Crippen molar-refractivity contribution in [1.29, 1.82) is 0 Å². The number of aromatic hydroxyl groups is 2. The van der Waals surface area contributed by atoms with Gasteiger partial charge >= 0.3 is 0 Å². The highest BCUT2D eigenvalue weighted by molar-refractivity contribution is 6.09. The molecule has 0 unspecified atom stereocenters. The van der Waals surface area contributed by atoms with Gasteiger partial charge in [-0.2, -0.15) is 5.10 Å². The second-order valence-electron chi connectivity index (χ2n) is 5.80. The number of hydrogen-bond donors (Lipinski definition) is 5. The van der Waals surface area contributed by atoms with Crippen molar-refractivity contribution in [3.05, 3.63) is 66.5 Å². The molecule has 5 N–H and O–H groups in total. The first-order valence-corrected chi connectivity index (χ1v) is 8.10. The summed E-state index contributed by atoms with van der Waals surface area (Å²) in [7, 11) is 0. The summed E-state index contributed by atoms with van der Waals surface area (Å²) < 4.78 is 0. The maximum atomic E-state index is 12.5. The van der Waals surface area contributed by atoms with Gasteiger partial charge in [-0.1, -0.05) is 36.4 Å². The Balaban J connectivity index is 1.62. The zero-order chi connectivity index (χ0) is 18.8. The molecule has 27 heavy (non-hydrogen) atoms. The highest BCUT2D eigenvalue weighted by atomic mass is 16.3. The number of aromatic nitrogens is 4. The first-order valence-electron chi connectivity index (χ1n) is 8.10. The summed E-state index contributed by atoms with van der Waals surface area (Å²) in [6.07, 6.45) is 3.11. The quantitative estimate of drug-likeness (QED) is 0.382. The van der Waals surface area contributed by atoms with Crippen molar-refractivity contribution in [1.82, 2.24) is 20.2 Å². The fourth-order valence-electron chi connectivity index (χ4n) is 2.72. The molecule has 0 atom stereocenters. The molecule has 0 fully saturated rings. The van der Waals surface area contributed by atoms with Gasteiger partial charge in [-0.25, -0.2) is 4.98 Å². The van der Waals surface area contributed by atoms with Gasteiger partial charge in [0.05, 0.1) is 23.8 Å². The summed E-state index contributed by atoms with van der Waals surface area (Å²) in [5.74, 6) is -0.810. The fraction of sp³-hybridized carbons (Fsp3) is 0. The van der Waals surface area contributed by atoms with Crippen molar-refractivity contribution < 1.29 is 15.0 Å². The molecule has 8 heteroatoms. The number of hydrogen-bond acceptors (Lipinski definition) is 5. The molecule has 0 radical (unpaired) electrons. The van der Waals surface area contributed by atoms with E-state index in [4.69, 9.17) is 0 Å². The Kier molecular flexibility index (Phi) is 4.06. The van der Waals surface area contributed by atoms with Crippen molar-refractivity contribution in [3.8, 4) is 34.3 Å². The zero-order valence-electron chi connectivity index (χ0n) is 14.0. The minimum absolute atomic E-state index is 0.214. The van der Waals surface area contributed by atoms with E-state index in [0.29, 0.717) is 17.2 Å². The Labute approximate surface area is 153 Å². The molecule has 2 aromatic carbocycles. The number of nitrogens with zero attached hydrogens (tertiary/aromatic N) is 2. The molecule has 0 aliphatic heterocycles. The van der Waals surface area contributed by atoms with E-state index in [1.54, 1.807) is 6.20 Å². The number of nitrogens with one attached hydrogen (secondary N) is 3. The van der Waals surface area contributed by atoms with E-state index in [1.165, 1.54) is 24.4 Å². The predicted molar refractivity (Wildman–Crippen MR) is 99.3 cm³/mol. The van der Waals surface area contributed by atoms with Gasteiger partial charge in [0.1, 0.15) is 22.8 Å². The van der Waals surface area contributed by atoms with Crippen LogP contribution in [0.4, 0.5) is 5.69 Å². The summed E-state index contributed by atoms with van der Waals surface area (Å²) >= 11 is 0. The lowest BCUT2D eigenvalue weighted by Gasteiger charge is -2.08. The van der Waals surface area contributed by atoms with E-state index in [2.05, 4.69) is 25.5 Å². The molecule has 8 nitrogen and oxygen atoms in total. The summed E-state index contributed by atoms with van der Waals surface area (Å²) in [6.45, 7) is 0. The van der Waals surface area contributed by atoms with Crippen LogP contribution in [-0.2, 0) is 0 Å². The number of aromatic amines is 2. The van der Waals surface area contributed by atoms with Gasteiger partial charge in [-0.15, -0.1) is 0 Å². The zero-order valence-corrected chi connectivity index (χ0v) is 14.0. The van der Waals surface area contributed by atoms with Gasteiger partial charge in [0.2, 0.25) is 0 Å². The number of phenolic OH excluding ortho intramolecular Hbond substituents is 2. The molecule has 0 aliphatic rings. The molecule has 0 saturated carbocycles. The van der Waals surface area contributed by atoms with Crippen LogP contribution in [-0.4, -0.2) is 36.3 Å². The normalized spacial score (nSPS) is 10.7. The topological polar surface area (TPSA) is 127 Å². The maximum Gasteiger partial charge on any atom is 0.263 e. The molecule has 134 valence electrons. The number of phenols is 2. The summed E-state index contributed by atoms with van der Waals surface area (Å²) in [5, 5.41) is 29.0.